The molecule has 0 bridgehead atoms. The summed E-state index contributed by atoms with van der Waals surface area (Å²) in [7, 11) is 0. The Morgan fingerprint density at radius 1 is 1.27 bits per heavy atom. The molecular formula is C18H30FIN4O2. The summed E-state index contributed by atoms with van der Waals surface area (Å²) < 4.78 is 18.6. The first-order chi connectivity index (χ1) is 12.0. The number of nitrogens with one attached hydrogen (secondary N) is 3. The SMILES string of the molecule is CCNC(=NCC(=O)Nc1cccc(F)c1)NCCOCCC(C)C.I. The van der Waals surface area contributed by atoms with Crippen molar-refractivity contribution in [2.45, 2.75) is 27.2 Å². The normalized spacial score (nSPS) is 11.0. The van der Waals surface area contributed by atoms with Crippen LogP contribution in [0, 0.1) is 11.7 Å². The van der Waals surface area contributed by atoms with Gasteiger partial charge in [0.25, 0.3) is 0 Å². The van der Waals surface area contributed by atoms with Gasteiger partial charge < -0.3 is 20.7 Å². The molecule has 0 unspecified atom stereocenters. The van der Waals surface area contributed by atoms with E-state index in [1.165, 1.54) is 12.1 Å². The van der Waals surface area contributed by atoms with Crippen molar-refractivity contribution in [2.75, 3.05) is 38.2 Å². The molecule has 1 aromatic carbocycles. The van der Waals surface area contributed by atoms with Gasteiger partial charge >= 0.3 is 0 Å². The predicted molar refractivity (Wildman–Crippen MR) is 115 cm³/mol. The number of ether oxygens (including phenoxy) is 1. The number of aliphatic imine (C=N–C) groups is 1. The van der Waals surface area contributed by atoms with Crippen LogP contribution in [0.3, 0.4) is 0 Å². The van der Waals surface area contributed by atoms with E-state index in [0.717, 1.165) is 13.0 Å². The summed E-state index contributed by atoms with van der Waals surface area (Å²) in [5.74, 6) is 0.470. The molecule has 0 fully saturated rings. The molecule has 3 N–H and O–H groups in total. The van der Waals surface area contributed by atoms with Crippen LogP contribution in [0.25, 0.3) is 0 Å². The van der Waals surface area contributed by atoms with Crippen LogP contribution in [-0.4, -0.2) is 44.7 Å². The van der Waals surface area contributed by atoms with E-state index >= 15 is 0 Å². The van der Waals surface area contributed by atoms with Crippen molar-refractivity contribution in [3.8, 4) is 0 Å². The lowest BCUT2D eigenvalue weighted by Gasteiger charge is -2.12. The fraction of sp³-hybridized carbons (Fsp3) is 0.556. The van der Waals surface area contributed by atoms with Gasteiger partial charge in [0.05, 0.1) is 6.61 Å². The first-order valence-electron chi connectivity index (χ1n) is 8.66. The number of benzene rings is 1. The maximum Gasteiger partial charge on any atom is 0.246 e. The van der Waals surface area contributed by atoms with Crippen LogP contribution in [0.5, 0.6) is 0 Å². The third kappa shape index (κ3) is 12.0. The molecule has 8 heteroatoms. The van der Waals surface area contributed by atoms with Crippen molar-refractivity contribution in [3.05, 3.63) is 30.1 Å². The van der Waals surface area contributed by atoms with Crippen LogP contribution in [0.1, 0.15) is 27.2 Å². The smallest absolute Gasteiger partial charge is 0.246 e. The number of rotatable bonds is 10. The summed E-state index contributed by atoms with van der Waals surface area (Å²) in [5, 5.41) is 8.78. The molecule has 1 rings (SSSR count). The van der Waals surface area contributed by atoms with Crippen LogP contribution in [-0.2, 0) is 9.53 Å². The lowest BCUT2D eigenvalue weighted by atomic mass is 10.1. The van der Waals surface area contributed by atoms with Crippen molar-refractivity contribution in [1.82, 2.24) is 10.6 Å². The number of amides is 1. The summed E-state index contributed by atoms with van der Waals surface area (Å²) in [6.07, 6.45) is 1.04. The number of anilines is 1. The van der Waals surface area contributed by atoms with E-state index in [1.807, 2.05) is 6.92 Å². The molecular weight excluding hydrogens is 450 g/mol. The van der Waals surface area contributed by atoms with Gasteiger partial charge in [-0.2, -0.15) is 0 Å². The first kappa shape index (κ1) is 24.6. The van der Waals surface area contributed by atoms with Gasteiger partial charge in [-0.05, 0) is 37.5 Å². The van der Waals surface area contributed by atoms with Crippen LogP contribution >= 0.6 is 24.0 Å². The number of carbonyl (C=O) groups is 1. The highest BCUT2D eigenvalue weighted by Crippen LogP contribution is 2.08. The molecule has 0 atom stereocenters. The van der Waals surface area contributed by atoms with E-state index in [4.69, 9.17) is 4.74 Å². The Kier molecular flexibility index (Phi) is 13.9. The molecule has 0 aromatic heterocycles. The summed E-state index contributed by atoms with van der Waals surface area (Å²) in [5.41, 5.74) is 0.414. The highest BCUT2D eigenvalue weighted by Gasteiger charge is 2.04. The Balaban J connectivity index is 0.00000625. The minimum atomic E-state index is -0.395. The number of halogens is 2. The molecule has 0 aliphatic heterocycles. The Hall–Kier alpha value is -1.42. The average molecular weight is 480 g/mol. The second kappa shape index (κ2) is 14.7. The molecule has 26 heavy (non-hydrogen) atoms. The standard InChI is InChI=1S/C18H29FN4O2.HI/c1-4-20-18(21-9-11-25-10-8-14(2)3)22-13-17(24)23-16-7-5-6-15(19)12-16;/h5-7,12,14H,4,8-11,13H2,1-3H3,(H,23,24)(H2,20,21,22);1H. The van der Waals surface area contributed by atoms with E-state index in [1.54, 1.807) is 12.1 Å². The first-order valence-corrected chi connectivity index (χ1v) is 8.66. The van der Waals surface area contributed by atoms with E-state index in [9.17, 15) is 9.18 Å². The molecule has 0 aliphatic carbocycles. The summed E-state index contributed by atoms with van der Waals surface area (Å²) in [6.45, 7) is 8.82. The lowest BCUT2D eigenvalue weighted by molar-refractivity contribution is -0.114. The monoisotopic (exact) mass is 480 g/mol. The maximum absolute atomic E-state index is 13.1. The highest BCUT2D eigenvalue weighted by molar-refractivity contribution is 14.0. The Labute approximate surface area is 172 Å². The number of hydrogen-bond acceptors (Lipinski definition) is 3. The van der Waals surface area contributed by atoms with Crippen molar-refractivity contribution < 1.29 is 13.9 Å². The Bertz CT molecular complexity index is 556. The number of carbonyl (C=O) groups excluding carboxylic acids is 1. The molecule has 0 spiro atoms. The van der Waals surface area contributed by atoms with Crippen LogP contribution in [0.4, 0.5) is 10.1 Å². The third-order valence-corrected chi connectivity index (χ3v) is 3.21. The van der Waals surface area contributed by atoms with E-state index < -0.39 is 5.82 Å². The van der Waals surface area contributed by atoms with Gasteiger partial charge in [0, 0.05) is 25.4 Å². The van der Waals surface area contributed by atoms with Gasteiger partial charge in [-0.25, -0.2) is 9.38 Å². The Morgan fingerprint density at radius 2 is 2.04 bits per heavy atom. The molecule has 6 nitrogen and oxygen atoms in total. The van der Waals surface area contributed by atoms with Gasteiger partial charge in [-0.15, -0.1) is 24.0 Å². The topological polar surface area (TPSA) is 74.8 Å². The van der Waals surface area contributed by atoms with E-state index in [0.29, 0.717) is 37.3 Å². The molecule has 0 saturated heterocycles. The fourth-order valence-electron chi connectivity index (χ4n) is 1.92. The third-order valence-electron chi connectivity index (χ3n) is 3.21. The van der Waals surface area contributed by atoms with Crippen LogP contribution in [0.15, 0.2) is 29.3 Å². The Morgan fingerprint density at radius 3 is 2.69 bits per heavy atom. The quantitative estimate of drug-likeness (QED) is 0.208. The van der Waals surface area contributed by atoms with Gasteiger partial charge in [-0.1, -0.05) is 19.9 Å². The van der Waals surface area contributed by atoms with Gasteiger partial charge in [0.1, 0.15) is 12.4 Å². The zero-order valence-corrected chi connectivity index (χ0v) is 18.0. The predicted octanol–water partition coefficient (Wildman–Crippen LogP) is 3.00. The molecule has 1 amide bonds. The van der Waals surface area contributed by atoms with Crippen LogP contribution < -0.4 is 16.0 Å². The van der Waals surface area contributed by atoms with Gasteiger partial charge in [0.15, 0.2) is 5.96 Å². The second-order valence-corrected chi connectivity index (χ2v) is 5.98. The van der Waals surface area contributed by atoms with E-state index in [-0.39, 0.29) is 36.4 Å². The average Bonchev–Trinajstić information content (AvgIpc) is 2.55. The van der Waals surface area contributed by atoms with Gasteiger partial charge in [0.2, 0.25) is 5.91 Å². The summed E-state index contributed by atoms with van der Waals surface area (Å²) in [6, 6.07) is 5.76. The number of nitrogens with zero attached hydrogens (tertiary/aromatic N) is 1. The zero-order chi connectivity index (χ0) is 18.5. The zero-order valence-electron chi connectivity index (χ0n) is 15.7. The number of guanidine groups is 1. The summed E-state index contributed by atoms with van der Waals surface area (Å²) >= 11 is 0. The molecule has 0 radical (unpaired) electrons. The van der Waals surface area contributed by atoms with Crippen molar-refractivity contribution in [3.63, 3.8) is 0 Å². The molecule has 0 saturated carbocycles. The van der Waals surface area contributed by atoms with Gasteiger partial charge in [-0.3, -0.25) is 4.79 Å². The summed E-state index contributed by atoms with van der Waals surface area (Å²) in [4.78, 5) is 16.1. The highest BCUT2D eigenvalue weighted by atomic mass is 127. The largest absolute Gasteiger partial charge is 0.380 e. The van der Waals surface area contributed by atoms with E-state index in [2.05, 4.69) is 34.8 Å². The molecule has 1 aromatic rings. The fourth-order valence-corrected chi connectivity index (χ4v) is 1.92. The molecule has 0 heterocycles. The van der Waals surface area contributed by atoms with Crippen molar-refractivity contribution >= 4 is 41.5 Å². The number of hydrogen-bond donors (Lipinski definition) is 3. The lowest BCUT2D eigenvalue weighted by Crippen LogP contribution is -2.39. The minimum absolute atomic E-state index is 0. The molecule has 0 aliphatic rings. The molecule has 148 valence electrons. The minimum Gasteiger partial charge on any atom is -0.380 e. The second-order valence-electron chi connectivity index (χ2n) is 5.98. The van der Waals surface area contributed by atoms with Crippen LogP contribution in [0.2, 0.25) is 0 Å². The van der Waals surface area contributed by atoms with Crippen molar-refractivity contribution in [1.29, 1.82) is 0 Å². The maximum atomic E-state index is 13.1. The van der Waals surface area contributed by atoms with Crippen molar-refractivity contribution in [2.24, 2.45) is 10.9 Å².